The van der Waals surface area contributed by atoms with Gasteiger partial charge in [0.05, 0.1) is 31.5 Å². The van der Waals surface area contributed by atoms with E-state index in [1.807, 2.05) is 49.4 Å². The lowest BCUT2D eigenvalue weighted by Gasteiger charge is -2.38. The Kier molecular flexibility index (Phi) is 15.3. The molecular formula is C39H51FN4O9. The van der Waals surface area contributed by atoms with Crippen molar-refractivity contribution >= 4 is 17.3 Å². The van der Waals surface area contributed by atoms with Gasteiger partial charge in [0.2, 0.25) is 0 Å². The number of esters is 1. The summed E-state index contributed by atoms with van der Waals surface area (Å²) in [6.07, 6.45) is 1.47. The predicted octanol–water partition coefficient (Wildman–Crippen LogP) is 5.40. The van der Waals surface area contributed by atoms with Gasteiger partial charge in [0, 0.05) is 70.9 Å². The average Bonchev–Trinajstić information content (AvgIpc) is 3.63. The van der Waals surface area contributed by atoms with Crippen LogP contribution in [0.1, 0.15) is 44.1 Å². The molecule has 0 aliphatic carbocycles. The molecule has 13 nitrogen and oxygen atoms in total. The van der Waals surface area contributed by atoms with Crippen molar-refractivity contribution in [1.29, 1.82) is 0 Å². The molecule has 0 amide bonds. The zero-order chi connectivity index (χ0) is 37.4. The van der Waals surface area contributed by atoms with Gasteiger partial charge in [0.1, 0.15) is 36.1 Å². The van der Waals surface area contributed by atoms with E-state index >= 15 is 0 Å². The first kappa shape index (κ1) is 39.5. The predicted molar refractivity (Wildman–Crippen MR) is 198 cm³/mol. The minimum atomic E-state index is -0.875. The summed E-state index contributed by atoms with van der Waals surface area (Å²) in [7, 11) is 1.74. The van der Waals surface area contributed by atoms with Gasteiger partial charge in [0.15, 0.2) is 0 Å². The number of hydrogen-bond acceptors (Lipinski definition) is 12. The molecular weight excluding hydrogens is 687 g/mol. The first-order chi connectivity index (χ1) is 25.8. The molecule has 0 bridgehead atoms. The van der Waals surface area contributed by atoms with Crippen LogP contribution in [0.25, 0.3) is 0 Å². The second kappa shape index (κ2) is 20.5. The van der Waals surface area contributed by atoms with Crippen LogP contribution in [0.5, 0.6) is 11.5 Å². The monoisotopic (exact) mass is 738 g/mol. The number of benzene rings is 3. The number of nitrogens with one attached hydrogen (secondary N) is 1. The van der Waals surface area contributed by atoms with Crippen molar-refractivity contribution < 1.29 is 42.8 Å². The Morgan fingerprint density at radius 1 is 1.02 bits per heavy atom. The molecule has 1 N–H and O–H groups in total. The third-order valence-electron chi connectivity index (χ3n) is 9.36. The van der Waals surface area contributed by atoms with E-state index in [0.29, 0.717) is 26.2 Å². The number of carbonyl (C=O) groups excluding carboxylic acids is 1. The summed E-state index contributed by atoms with van der Waals surface area (Å²) in [6.45, 7) is 8.47. The highest BCUT2D eigenvalue weighted by atomic mass is 19.1. The number of anilines is 2. The summed E-state index contributed by atoms with van der Waals surface area (Å²) >= 11 is 0. The van der Waals surface area contributed by atoms with Gasteiger partial charge < -0.3 is 43.6 Å². The minimum absolute atomic E-state index is 0.00726. The Morgan fingerprint density at radius 3 is 2.60 bits per heavy atom. The molecule has 53 heavy (non-hydrogen) atoms. The Hall–Kier alpha value is -4.66. The quantitative estimate of drug-likeness (QED) is 0.0874. The van der Waals surface area contributed by atoms with Crippen LogP contribution in [0.3, 0.4) is 0 Å². The summed E-state index contributed by atoms with van der Waals surface area (Å²) in [5.74, 6) is 0.870. The first-order valence-electron chi connectivity index (χ1n) is 18.4. The van der Waals surface area contributed by atoms with Crippen molar-refractivity contribution in [3.05, 3.63) is 94.3 Å². The number of carbonyl (C=O) groups is 1. The summed E-state index contributed by atoms with van der Waals surface area (Å²) in [5.41, 5.74) is 3.03. The molecule has 3 aliphatic heterocycles. The van der Waals surface area contributed by atoms with Crippen LogP contribution in [-0.4, -0.2) is 102 Å². The van der Waals surface area contributed by atoms with Gasteiger partial charge in [-0.2, -0.15) is 0 Å². The maximum Gasteiger partial charge on any atom is 0.306 e. The normalized spacial score (nSPS) is 20.7. The number of halogens is 1. The van der Waals surface area contributed by atoms with Crippen LogP contribution in [0, 0.1) is 15.9 Å². The molecule has 2 saturated heterocycles. The number of methoxy groups -OCH3 is 1. The number of hydrogen-bond donors (Lipinski definition) is 1. The van der Waals surface area contributed by atoms with Crippen molar-refractivity contribution in [2.45, 2.75) is 56.8 Å². The topological polar surface area (TPSA) is 134 Å². The lowest BCUT2D eigenvalue weighted by Crippen LogP contribution is -2.51. The highest BCUT2D eigenvalue weighted by Crippen LogP contribution is 2.33. The van der Waals surface area contributed by atoms with Crippen LogP contribution < -0.4 is 24.6 Å². The largest absolute Gasteiger partial charge is 0.490 e. The molecule has 2 fully saturated rings. The smallest absolute Gasteiger partial charge is 0.306 e. The molecule has 6 rings (SSSR count). The molecule has 0 saturated carbocycles. The number of fused-ring (bicyclic) bond motifs is 1. The van der Waals surface area contributed by atoms with E-state index in [4.69, 9.17) is 23.7 Å². The molecule has 3 aromatic rings. The molecule has 0 radical (unpaired) electrons. The van der Waals surface area contributed by atoms with Crippen molar-refractivity contribution in [3.8, 4) is 11.5 Å². The Bertz CT molecular complexity index is 1580. The van der Waals surface area contributed by atoms with Crippen LogP contribution >= 0.6 is 0 Å². The average molecular weight is 739 g/mol. The molecule has 3 aliphatic rings. The third kappa shape index (κ3) is 11.9. The molecule has 4 atom stereocenters. The van der Waals surface area contributed by atoms with Crippen molar-refractivity contribution in [2.24, 2.45) is 0 Å². The molecule has 0 spiro atoms. The third-order valence-corrected chi connectivity index (χ3v) is 9.36. The fourth-order valence-electron chi connectivity index (χ4n) is 6.92. The van der Waals surface area contributed by atoms with Gasteiger partial charge in [-0.1, -0.05) is 30.3 Å². The van der Waals surface area contributed by atoms with Crippen LogP contribution in [0.2, 0.25) is 0 Å². The lowest BCUT2D eigenvalue weighted by molar-refractivity contribution is -0.757. The maximum atomic E-state index is 13.6. The van der Waals surface area contributed by atoms with Crippen molar-refractivity contribution in [1.82, 2.24) is 5.32 Å². The first-order valence-corrected chi connectivity index (χ1v) is 18.4. The molecule has 3 heterocycles. The van der Waals surface area contributed by atoms with E-state index in [0.717, 1.165) is 68.4 Å². The standard InChI is InChI=1S/C27H34FN3O7.C12H17NO2/c1-2-35-24-16-29-17-25(38-26(32)7-4-14-36-31(33)34)27(24)19-8-10-22(11-9-19)37-23-12-13-30(18-23)21-6-3-5-20(28)15-21;1-14-9-4-7-13-8-10-15-12-6-3-2-5-11(12)13/h3,5-6,8-11,15,23-25,27,29H,2,4,7,12-14,16-18H2,1H3;2-3,5-6H,4,7-10H2,1H3. The summed E-state index contributed by atoms with van der Waals surface area (Å²) in [6, 6.07) is 22.6. The summed E-state index contributed by atoms with van der Waals surface area (Å²) in [4.78, 5) is 31.5. The number of rotatable bonds is 16. The van der Waals surface area contributed by atoms with E-state index in [9.17, 15) is 19.3 Å². The van der Waals surface area contributed by atoms with E-state index in [2.05, 4.69) is 32.1 Å². The van der Waals surface area contributed by atoms with Gasteiger partial charge in [0.25, 0.3) is 5.09 Å². The zero-order valence-electron chi connectivity index (χ0n) is 30.5. The molecule has 4 unspecified atom stereocenters. The molecule has 14 heteroatoms. The Morgan fingerprint density at radius 2 is 1.83 bits per heavy atom. The molecule has 3 aromatic carbocycles. The summed E-state index contributed by atoms with van der Waals surface area (Å²) in [5, 5.41) is 12.7. The van der Waals surface area contributed by atoms with E-state index in [-0.39, 0.29) is 43.4 Å². The van der Waals surface area contributed by atoms with Crippen molar-refractivity contribution in [3.63, 3.8) is 0 Å². The number of nitrogens with zero attached hydrogens (tertiary/aromatic N) is 3. The highest BCUT2D eigenvalue weighted by Gasteiger charge is 2.37. The fourth-order valence-corrected chi connectivity index (χ4v) is 6.92. The van der Waals surface area contributed by atoms with Crippen LogP contribution in [-0.2, 0) is 23.8 Å². The maximum absolute atomic E-state index is 13.6. The molecule has 288 valence electrons. The minimum Gasteiger partial charge on any atom is -0.490 e. The van der Waals surface area contributed by atoms with Gasteiger partial charge in [-0.05, 0) is 67.8 Å². The fraction of sp³-hybridized carbons (Fsp3) is 0.513. The SMILES string of the molecule is CCOC1CNCC(OC(=O)CCCO[N+](=O)[O-])C1c1ccc(OC2CCN(c3cccc(F)c3)C2)cc1.COCCCN1CCOc2ccccc21. The van der Waals surface area contributed by atoms with Crippen LogP contribution in [0.4, 0.5) is 15.8 Å². The number of ether oxygens (including phenoxy) is 5. The van der Waals surface area contributed by atoms with E-state index in [1.165, 1.54) is 17.8 Å². The van der Waals surface area contributed by atoms with E-state index < -0.39 is 17.2 Å². The molecule has 0 aromatic heterocycles. The second-order valence-electron chi connectivity index (χ2n) is 13.0. The highest BCUT2D eigenvalue weighted by molar-refractivity contribution is 5.69. The van der Waals surface area contributed by atoms with Gasteiger partial charge in [-0.3, -0.25) is 4.79 Å². The van der Waals surface area contributed by atoms with Gasteiger partial charge >= 0.3 is 5.97 Å². The number of para-hydroxylation sites is 2. The second-order valence-corrected chi connectivity index (χ2v) is 13.0. The Balaban J connectivity index is 0.000000300. The van der Waals surface area contributed by atoms with Gasteiger partial charge in [-0.25, -0.2) is 4.39 Å². The van der Waals surface area contributed by atoms with Crippen LogP contribution in [0.15, 0.2) is 72.8 Å². The van der Waals surface area contributed by atoms with Gasteiger partial charge in [-0.15, -0.1) is 10.1 Å². The number of piperidine rings is 1. The van der Waals surface area contributed by atoms with Crippen molar-refractivity contribution in [2.75, 3.05) is 82.6 Å². The lowest BCUT2D eigenvalue weighted by atomic mass is 9.85. The zero-order valence-corrected chi connectivity index (χ0v) is 30.5. The summed E-state index contributed by atoms with van der Waals surface area (Å²) < 4.78 is 42.2. The Labute approximate surface area is 310 Å². The van der Waals surface area contributed by atoms with E-state index in [1.54, 1.807) is 13.2 Å².